The second kappa shape index (κ2) is 10.1. The molecule has 0 atom stereocenters. The van der Waals surface area contributed by atoms with Gasteiger partial charge in [-0.2, -0.15) is 0 Å². The predicted molar refractivity (Wildman–Crippen MR) is 14.5 cm³/mol. The van der Waals surface area contributed by atoms with Crippen LogP contribution in [-0.2, 0) is 24.5 Å². The molecule has 0 spiro atoms. The third-order valence-corrected chi connectivity index (χ3v) is 0. The summed E-state index contributed by atoms with van der Waals surface area (Å²) in [6.07, 6.45) is 0. The molecule has 0 unspecified atom stereocenters. The van der Waals surface area contributed by atoms with E-state index in [0.29, 0.717) is 0 Å². The van der Waals surface area contributed by atoms with E-state index in [2.05, 4.69) is 0 Å². The van der Waals surface area contributed by atoms with Gasteiger partial charge in [0.15, 0.2) is 0 Å². The molecule has 0 aliphatic rings. The molecule has 0 aliphatic carbocycles. The van der Waals surface area contributed by atoms with Gasteiger partial charge in [-0.05, 0) is 0 Å². The summed E-state index contributed by atoms with van der Waals surface area (Å²) in [4.78, 5) is 30.6. The molecule has 0 fully saturated rings. The van der Waals surface area contributed by atoms with Gasteiger partial charge in [0.2, 0.25) is 0 Å². The fourth-order valence-corrected chi connectivity index (χ4v) is 0. The van der Waals surface area contributed by atoms with E-state index in [1.807, 2.05) is 0 Å². The van der Waals surface area contributed by atoms with E-state index in [4.69, 9.17) is 34.9 Å². The Bertz CT molecular complexity index is 197. The van der Waals surface area contributed by atoms with Crippen molar-refractivity contribution < 1.29 is 129 Å². The SMILES string of the molecule is [K+].[Na+].[O-][Si](O)(O)O.[O]=[Mn](=[O])(=[O])[O-]. The topological polar surface area (TPSA) is 158 Å². The van der Waals surface area contributed by atoms with Gasteiger partial charge in [-0.25, -0.2) is 0 Å². The zero-order chi connectivity index (χ0) is 9.00. The maximum absolute atomic E-state index is 8.91. The first kappa shape index (κ1) is 24.0. The maximum atomic E-state index is 8.91. The van der Waals surface area contributed by atoms with Crippen molar-refractivity contribution in [2.45, 2.75) is 0 Å². The van der Waals surface area contributed by atoms with Gasteiger partial charge in [-0.1, -0.05) is 0 Å². The summed E-state index contributed by atoms with van der Waals surface area (Å²) in [7, 11) is -4.86. The summed E-state index contributed by atoms with van der Waals surface area (Å²) in [5.41, 5.74) is 0. The van der Waals surface area contributed by atoms with Gasteiger partial charge in [0, 0.05) is 0 Å². The molecule has 0 aromatic heterocycles. The van der Waals surface area contributed by atoms with Crippen LogP contribution in [0.4, 0.5) is 0 Å². The van der Waals surface area contributed by atoms with Crippen molar-refractivity contribution in [3.63, 3.8) is 0 Å². The minimum atomic E-state index is -5.62. The van der Waals surface area contributed by atoms with Crippen LogP contribution in [0.15, 0.2) is 0 Å². The fourth-order valence-electron chi connectivity index (χ4n) is 0. The van der Waals surface area contributed by atoms with Gasteiger partial charge in [0.25, 0.3) is 0 Å². The summed E-state index contributed by atoms with van der Waals surface area (Å²) < 4.78 is 34.3. The van der Waals surface area contributed by atoms with Crippen LogP contribution in [0.2, 0.25) is 0 Å². The van der Waals surface area contributed by atoms with E-state index < -0.39 is 22.0 Å². The molecule has 12 heteroatoms. The Morgan fingerprint density at radius 3 is 1.08 bits per heavy atom. The molecule has 0 aliphatic heterocycles. The van der Waals surface area contributed by atoms with Crippen LogP contribution in [0.25, 0.3) is 0 Å². The third-order valence-electron chi connectivity index (χ3n) is 0. The van der Waals surface area contributed by atoms with Crippen molar-refractivity contribution in [3.8, 4) is 0 Å². The van der Waals surface area contributed by atoms with Crippen molar-refractivity contribution in [1.82, 2.24) is 0 Å². The molecule has 0 aromatic rings. The first-order valence-corrected chi connectivity index (χ1v) is 5.17. The van der Waals surface area contributed by atoms with Crippen molar-refractivity contribution in [2.75, 3.05) is 0 Å². The molecule has 8 nitrogen and oxygen atoms in total. The molecule has 0 saturated carbocycles. The average molecular weight is 276 g/mol. The van der Waals surface area contributed by atoms with Crippen LogP contribution in [0.5, 0.6) is 0 Å². The molecule has 0 heterocycles. The third kappa shape index (κ3) is 254. The fraction of sp³-hybridized carbons (Fsp3) is 0. The van der Waals surface area contributed by atoms with Gasteiger partial charge in [0.05, 0.1) is 0 Å². The molecule has 0 aromatic carbocycles. The van der Waals surface area contributed by atoms with Crippen LogP contribution in [-0.4, -0.2) is 23.4 Å². The second-order valence-electron chi connectivity index (χ2n) is 0.952. The molecular formula is H3KMnNaO8Si. The van der Waals surface area contributed by atoms with Gasteiger partial charge >= 0.3 is 119 Å². The van der Waals surface area contributed by atoms with E-state index in [1.54, 1.807) is 0 Å². The number of hydrogen-bond acceptors (Lipinski definition) is 8. The monoisotopic (exact) mass is 276 g/mol. The van der Waals surface area contributed by atoms with Gasteiger partial charge in [0.1, 0.15) is 0 Å². The van der Waals surface area contributed by atoms with Crippen molar-refractivity contribution in [1.29, 1.82) is 0 Å². The summed E-state index contributed by atoms with van der Waals surface area (Å²) in [6, 6.07) is 0. The Balaban J connectivity index is -0.0000000457. The van der Waals surface area contributed by atoms with E-state index in [0.717, 1.165) is 0 Å². The summed E-state index contributed by atoms with van der Waals surface area (Å²) in [5.74, 6) is 0. The number of rotatable bonds is 0. The van der Waals surface area contributed by atoms with Gasteiger partial charge in [-0.15, -0.1) is 0 Å². The first-order valence-electron chi connectivity index (χ1n) is 1.49. The Morgan fingerprint density at radius 1 is 1.08 bits per heavy atom. The van der Waals surface area contributed by atoms with Crippen molar-refractivity contribution in [2.24, 2.45) is 0 Å². The molecule has 64 valence electrons. The van der Waals surface area contributed by atoms with Crippen molar-refractivity contribution in [3.05, 3.63) is 0 Å². The normalized spacial score (nSPS) is 9.75. The number of hydrogen-bond donors (Lipinski definition) is 3. The zero-order valence-corrected chi connectivity index (χ0v) is 13.6. The standard InChI is InChI=1S/K.Mn.Na.H3O4Si.4O/c;;;1-5(2,3)4;;;;/h;;;1-3H;;;;/q+1;;+1;-1;;;;-1. The molecular weight excluding hydrogens is 273 g/mol. The van der Waals surface area contributed by atoms with Crippen LogP contribution in [0, 0.1) is 0 Å². The Kier molecular flexibility index (Phi) is 20.2. The predicted octanol–water partition coefficient (Wildman–Crippen LogP) is -10.8. The average Bonchev–Trinajstić information content (AvgIpc) is 1.12. The van der Waals surface area contributed by atoms with Crippen LogP contribution < -0.4 is 89.9 Å². The minimum absolute atomic E-state index is 0. The van der Waals surface area contributed by atoms with E-state index in [1.165, 1.54) is 0 Å². The van der Waals surface area contributed by atoms with Crippen LogP contribution in [0.1, 0.15) is 0 Å². The molecule has 12 heavy (non-hydrogen) atoms. The Labute approximate surface area is 135 Å². The summed E-state index contributed by atoms with van der Waals surface area (Å²) >= 11 is -5.62. The van der Waals surface area contributed by atoms with Crippen molar-refractivity contribution >= 4 is 9.05 Å². The molecule has 0 amide bonds. The molecule has 0 rings (SSSR count). The summed E-state index contributed by atoms with van der Waals surface area (Å²) in [5, 5.41) is 0. The molecule has 0 bridgehead atoms. The quantitative estimate of drug-likeness (QED) is 0.368. The van der Waals surface area contributed by atoms with Gasteiger partial charge < -0.3 is 19.2 Å². The zero-order valence-electron chi connectivity index (χ0n) is 6.26. The Hall–Kier alpha value is 2.57. The second-order valence-corrected chi connectivity index (χ2v) is 3.28. The summed E-state index contributed by atoms with van der Waals surface area (Å²) in [6.45, 7) is 0. The van der Waals surface area contributed by atoms with Crippen LogP contribution in [0.3, 0.4) is 0 Å². The molecule has 0 saturated heterocycles. The Morgan fingerprint density at radius 2 is 1.08 bits per heavy atom. The molecule has 3 N–H and O–H groups in total. The van der Waals surface area contributed by atoms with E-state index in [9.17, 15) is 0 Å². The van der Waals surface area contributed by atoms with Crippen LogP contribution >= 0.6 is 0 Å². The van der Waals surface area contributed by atoms with Gasteiger partial charge in [-0.3, -0.25) is 0 Å². The van der Waals surface area contributed by atoms with E-state index >= 15 is 0 Å². The molecule has 0 radical (unpaired) electrons. The first-order chi connectivity index (χ1) is 4.00. The van der Waals surface area contributed by atoms with E-state index in [-0.39, 0.29) is 80.9 Å².